The van der Waals surface area contributed by atoms with Gasteiger partial charge in [0.25, 0.3) is 0 Å². The zero-order chi connectivity index (χ0) is 11.4. The molecule has 16 heavy (non-hydrogen) atoms. The predicted octanol–water partition coefficient (Wildman–Crippen LogP) is 2.77. The first-order valence-corrected chi connectivity index (χ1v) is 6.12. The third-order valence-electron chi connectivity index (χ3n) is 2.27. The lowest BCUT2D eigenvalue weighted by Gasteiger charge is -2.13. The predicted molar refractivity (Wildman–Crippen MR) is 69.8 cm³/mol. The Hall–Kier alpha value is -1.55. The Labute approximate surface area is 99.3 Å². The topological polar surface area (TPSA) is 50.9 Å². The van der Waals surface area contributed by atoms with Crippen LogP contribution in [-0.4, -0.2) is 11.0 Å². The van der Waals surface area contributed by atoms with Gasteiger partial charge in [-0.1, -0.05) is 6.07 Å². The average molecular weight is 233 g/mol. The molecule has 2 aromatic heterocycles. The zero-order valence-corrected chi connectivity index (χ0v) is 10.00. The molecule has 3 N–H and O–H groups in total. The highest BCUT2D eigenvalue weighted by Crippen LogP contribution is 2.14. The Bertz CT molecular complexity index is 439. The first-order chi connectivity index (χ1) is 7.74. The fourth-order valence-corrected chi connectivity index (χ4v) is 2.40. The van der Waals surface area contributed by atoms with Crippen LogP contribution in [0.2, 0.25) is 0 Å². The van der Waals surface area contributed by atoms with Gasteiger partial charge in [0.15, 0.2) is 0 Å². The second-order valence-corrected chi connectivity index (χ2v) is 4.84. The van der Waals surface area contributed by atoms with Gasteiger partial charge in [-0.15, -0.1) is 11.3 Å². The molecule has 1 atom stereocenters. The molecule has 2 aromatic rings. The van der Waals surface area contributed by atoms with E-state index < -0.39 is 0 Å². The van der Waals surface area contributed by atoms with Crippen LogP contribution in [0.4, 0.5) is 11.5 Å². The molecule has 0 aliphatic carbocycles. The highest BCUT2D eigenvalue weighted by atomic mass is 32.1. The van der Waals surface area contributed by atoms with Gasteiger partial charge in [-0.05, 0) is 24.4 Å². The minimum absolute atomic E-state index is 0.355. The van der Waals surface area contributed by atoms with Crippen molar-refractivity contribution in [1.29, 1.82) is 0 Å². The Balaban J connectivity index is 1.94. The number of thiophene rings is 1. The molecule has 0 saturated carbocycles. The van der Waals surface area contributed by atoms with Crippen LogP contribution in [0.3, 0.4) is 0 Å². The number of hydrogen-bond donors (Lipinski definition) is 2. The van der Waals surface area contributed by atoms with Crippen LogP contribution < -0.4 is 11.1 Å². The summed E-state index contributed by atoms with van der Waals surface area (Å²) in [6, 6.07) is 8.22. The summed E-state index contributed by atoms with van der Waals surface area (Å²) in [5.41, 5.74) is 6.43. The van der Waals surface area contributed by atoms with Crippen molar-refractivity contribution < 1.29 is 0 Å². The van der Waals surface area contributed by atoms with E-state index in [1.165, 1.54) is 4.88 Å². The SMILES string of the molecule is CC(Cc1cccs1)Nc1cc(N)ccn1. The molecular formula is C12H15N3S. The molecule has 2 rings (SSSR count). The van der Waals surface area contributed by atoms with Gasteiger partial charge in [-0.25, -0.2) is 4.98 Å². The second kappa shape index (κ2) is 4.99. The Kier molecular flexibility index (Phi) is 3.41. The van der Waals surface area contributed by atoms with E-state index in [2.05, 4.69) is 34.7 Å². The lowest BCUT2D eigenvalue weighted by atomic mass is 10.2. The number of nitrogens with one attached hydrogen (secondary N) is 1. The number of pyridine rings is 1. The Morgan fingerprint density at radius 1 is 1.50 bits per heavy atom. The van der Waals surface area contributed by atoms with E-state index in [9.17, 15) is 0 Å². The molecule has 4 heteroatoms. The van der Waals surface area contributed by atoms with E-state index >= 15 is 0 Å². The first-order valence-electron chi connectivity index (χ1n) is 5.24. The van der Waals surface area contributed by atoms with Crippen molar-refractivity contribution >= 4 is 22.8 Å². The number of rotatable bonds is 4. The van der Waals surface area contributed by atoms with Crippen LogP contribution in [0.15, 0.2) is 35.8 Å². The van der Waals surface area contributed by atoms with E-state index in [0.29, 0.717) is 6.04 Å². The molecule has 1 unspecified atom stereocenters. The molecule has 0 fully saturated rings. The number of nitrogens with two attached hydrogens (primary N) is 1. The quantitative estimate of drug-likeness (QED) is 0.853. The first kappa shape index (κ1) is 11.0. The zero-order valence-electron chi connectivity index (χ0n) is 9.18. The van der Waals surface area contributed by atoms with Crippen LogP contribution in [-0.2, 0) is 6.42 Å². The maximum absolute atomic E-state index is 5.69. The Morgan fingerprint density at radius 3 is 3.06 bits per heavy atom. The number of hydrogen-bond acceptors (Lipinski definition) is 4. The largest absolute Gasteiger partial charge is 0.399 e. The minimum atomic E-state index is 0.355. The summed E-state index contributed by atoms with van der Waals surface area (Å²) in [6.07, 6.45) is 2.73. The van der Waals surface area contributed by atoms with Crippen molar-refractivity contribution in [3.63, 3.8) is 0 Å². The van der Waals surface area contributed by atoms with Crippen molar-refractivity contribution in [2.75, 3.05) is 11.1 Å². The monoisotopic (exact) mass is 233 g/mol. The smallest absolute Gasteiger partial charge is 0.128 e. The van der Waals surface area contributed by atoms with E-state index in [1.807, 2.05) is 6.07 Å². The number of aromatic nitrogens is 1. The van der Waals surface area contributed by atoms with Gasteiger partial charge in [-0.2, -0.15) is 0 Å². The third kappa shape index (κ3) is 2.97. The van der Waals surface area contributed by atoms with E-state index in [0.717, 1.165) is 17.9 Å². The van der Waals surface area contributed by atoms with E-state index in [1.54, 1.807) is 23.6 Å². The van der Waals surface area contributed by atoms with Crippen LogP contribution in [0.25, 0.3) is 0 Å². The van der Waals surface area contributed by atoms with Crippen molar-refractivity contribution in [2.45, 2.75) is 19.4 Å². The summed E-state index contributed by atoms with van der Waals surface area (Å²) in [6.45, 7) is 2.14. The van der Waals surface area contributed by atoms with E-state index in [4.69, 9.17) is 5.73 Å². The third-order valence-corrected chi connectivity index (χ3v) is 3.16. The molecule has 0 bridgehead atoms. The highest BCUT2D eigenvalue weighted by Gasteiger charge is 2.05. The summed E-state index contributed by atoms with van der Waals surface area (Å²) in [5, 5.41) is 5.43. The summed E-state index contributed by atoms with van der Waals surface area (Å²) in [4.78, 5) is 5.60. The summed E-state index contributed by atoms with van der Waals surface area (Å²) in [5.74, 6) is 0.837. The summed E-state index contributed by atoms with van der Waals surface area (Å²) < 4.78 is 0. The van der Waals surface area contributed by atoms with Crippen LogP contribution >= 0.6 is 11.3 Å². The van der Waals surface area contributed by atoms with Gasteiger partial charge in [0, 0.05) is 35.3 Å². The van der Waals surface area contributed by atoms with Gasteiger partial charge < -0.3 is 11.1 Å². The van der Waals surface area contributed by atoms with Gasteiger partial charge in [0.05, 0.1) is 0 Å². The normalized spacial score (nSPS) is 12.3. The minimum Gasteiger partial charge on any atom is -0.399 e. The molecule has 0 saturated heterocycles. The lowest BCUT2D eigenvalue weighted by molar-refractivity contribution is 0.795. The number of nitrogen functional groups attached to an aromatic ring is 1. The van der Waals surface area contributed by atoms with Gasteiger partial charge in [-0.3, -0.25) is 0 Å². The van der Waals surface area contributed by atoms with Crippen LogP contribution in [0.1, 0.15) is 11.8 Å². The number of nitrogens with zero attached hydrogens (tertiary/aromatic N) is 1. The molecule has 2 heterocycles. The summed E-state index contributed by atoms with van der Waals surface area (Å²) in [7, 11) is 0. The molecule has 0 amide bonds. The van der Waals surface area contributed by atoms with E-state index in [-0.39, 0.29) is 0 Å². The molecule has 0 aliphatic heterocycles. The van der Waals surface area contributed by atoms with Gasteiger partial charge in [0.1, 0.15) is 5.82 Å². The average Bonchev–Trinajstić information content (AvgIpc) is 2.70. The highest BCUT2D eigenvalue weighted by molar-refractivity contribution is 7.09. The molecule has 84 valence electrons. The fraction of sp³-hybridized carbons (Fsp3) is 0.250. The van der Waals surface area contributed by atoms with Crippen molar-refractivity contribution in [1.82, 2.24) is 4.98 Å². The maximum atomic E-state index is 5.69. The molecule has 0 aliphatic rings. The molecule has 0 spiro atoms. The fourth-order valence-electron chi connectivity index (χ4n) is 1.56. The molecule has 0 aromatic carbocycles. The maximum Gasteiger partial charge on any atom is 0.128 e. The van der Waals surface area contributed by atoms with Crippen molar-refractivity contribution in [2.24, 2.45) is 0 Å². The second-order valence-electron chi connectivity index (χ2n) is 3.80. The van der Waals surface area contributed by atoms with Crippen LogP contribution in [0, 0.1) is 0 Å². The summed E-state index contributed by atoms with van der Waals surface area (Å²) >= 11 is 1.78. The van der Waals surface area contributed by atoms with Gasteiger partial charge >= 0.3 is 0 Å². The molecular weight excluding hydrogens is 218 g/mol. The van der Waals surface area contributed by atoms with Crippen LogP contribution in [0.5, 0.6) is 0 Å². The van der Waals surface area contributed by atoms with Crippen molar-refractivity contribution in [3.8, 4) is 0 Å². The number of anilines is 2. The van der Waals surface area contributed by atoms with Gasteiger partial charge in [0.2, 0.25) is 0 Å². The lowest BCUT2D eigenvalue weighted by Crippen LogP contribution is -2.18. The molecule has 3 nitrogen and oxygen atoms in total. The Morgan fingerprint density at radius 2 is 2.38 bits per heavy atom. The van der Waals surface area contributed by atoms with Crippen molar-refractivity contribution in [3.05, 3.63) is 40.7 Å². The standard InChI is InChI=1S/C12H15N3S/c1-9(7-11-3-2-6-16-11)15-12-8-10(13)4-5-14-12/h2-6,8-9H,7H2,1H3,(H3,13,14,15). The molecule has 0 radical (unpaired) electrons.